The summed E-state index contributed by atoms with van der Waals surface area (Å²) in [7, 11) is 0. The van der Waals surface area contributed by atoms with Crippen molar-refractivity contribution in [3.05, 3.63) is 59.5 Å². The van der Waals surface area contributed by atoms with Gasteiger partial charge >= 0.3 is 0 Å². The molecule has 0 bridgehead atoms. The third kappa shape index (κ3) is 4.03. The maximum Gasteiger partial charge on any atom is 0.227 e. The summed E-state index contributed by atoms with van der Waals surface area (Å²) in [5.74, 6) is 2.37. The zero-order valence-corrected chi connectivity index (χ0v) is 16.6. The van der Waals surface area contributed by atoms with Crippen LogP contribution in [0.15, 0.2) is 42.7 Å². The Labute approximate surface area is 165 Å². The van der Waals surface area contributed by atoms with Gasteiger partial charge in [-0.25, -0.2) is 15.0 Å². The molecular formula is C21H25N7. The average molecular weight is 375 g/mol. The van der Waals surface area contributed by atoms with Gasteiger partial charge in [0.15, 0.2) is 0 Å². The van der Waals surface area contributed by atoms with Gasteiger partial charge < -0.3 is 15.1 Å². The van der Waals surface area contributed by atoms with Gasteiger partial charge in [0.1, 0.15) is 5.82 Å². The van der Waals surface area contributed by atoms with Crippen LogP contribution in [0.25, 0.3) is 0 Å². The summed E-state index contributed by atoms with van der Waals surface area (Å²) in [6, 6.07) is 10.2. The minimum atomic E-state index is 0.765. The van der Waals surface area contributed by atoms with Crippen LogP contribution in [-0.4, -0.2) is 46.1 Å². The molecule has 3 heterocycles. The van der Waals surface area contributed by atoms with E-state index in [-0.39, 0.29) is 0 Å². The number of piperazine rings is 1. The molecule has 0 radical (unpaired) electrons. The zero-order chi connectivity index (χ0) is 19.5. The third-order valence-corrected chi connectivity index (χ3v) is 4.90. The van der Waals surface area contributed by atoms with E-state index in [1.165, 1.54) is 11.1 Å². The van der Waals surface area contributed by atoms with Crippen molar-refractivity contribution in [2.45, 2.75) is 20.8 Å². The summed E-state index contributed by atoms with van der Waals surface area (Å²) in [5, 5.41) is 3.46. The summed E-state index contributed by atoms with van der Waals surface area (Å²) in [5.41, 5.74) is 4.44. The van der Waals surface area contributed by atoms with Crippen LogP contribution in [-0.2, 0) is 0 Å². The molecule has 144 valence electrons. The normalized spacial score (nSPS) is 14.2. The molecule has 7 nitrogen and oxygen atoms in total. The first-order valence-corrected chi connectivity index (χ1v) is 9.55. The minimum Gasteiger partial charge on any atom is -0.340 e. The maximum absolute atomic E-state index is 4.78. The molecule has 0 unspecified atom stereocenters. The van der Waals surface area contributed by atoms with Gasteiger partial charge in [0.05, 0.1) is 0 Å². The molecule has 2 aromatic heterocycles. The Morgan fingerprint density at radius 1 is 0.821 bits per heavy atom. The van der Waals surface area contributed by atoms with E-state index in [1.54, 1.807) is 12.4 Å². The highest BCUT2D eigenvalue weighted by Gasteiger charge is 2.21. The van der Waals surface area contributed by atoms with Gasteiger partial charge in [-0.3, -0.25) is 0 Å². The Hall–Kier alpha value is -3.22. The Morgan fingerprint density at radius 2 is 1.50 bits per heavy atom. The highest BCUT2D eigenvalue weighted by molar-refractivity contribution is 5.62. The molecule has 0 aliphatic carbocycles. The van der Waals surface area contributed by atoms with E-state index in [4.69, 9.17) is 4.98 Å². The zero-order valence-electron chi connectivity index (χ0n) is 16.6. The number of aryl methyl sites for hydroxylation is 3. The van der Waals surface area contributed by atoms with Crippen molar-refractivity contribution in [3.8, 4) is 0 Å². The number of nitrogens with one attached hydrogen (secondary N) is 1. The molecule has 4 rings (SSSR count). The van der Waals surface area contributed by atoms with Crippen LogP contribution in [0, 0.1) is 20.8 Å². The molecule has 1 saturated heterocycles. The SMILES string of the molecule is Cc1ccc(C)c(Nc2cc(C)nc(N3CCN(c4ncccn4)CC3)n2)c1. The molecule has 0 spiro atoms. The molecule has 3 aromatic rings. The van der Waals surface area contributed by atoms with Gasteiger partial charge in [0.25, 0.3) is 0 Å². The van der Waals surface area contributed by atoms with Gasteiger partial charge in [-0.1, -0.05) is 12.1 Å². The molecule has 0 amide bonds. The molecule has 1 aromatic carbocycles. The van der Waals surface area contributed by atoms with Crippen LogP contribution in [0.5, 0.6) is 0 Å². The van der Waals surface area contributed by atoms with Gasteiger partial charge in [0, 0.05) is 56.0 Å². The number of aromatic nitrogens is 4. The molecule has 1 aliphatic rings. The van der Waals surface area contributed by atoms with E-state index in [0.29, 0.717) is 0 Å². The van der Waals surface area contributed by atoms with E-state index in [2.05, 4.69) is 62.1 Å². The Kier molecular flexibility index (Phi) is 5.06. The highest BCUT2D eigenvalue weighted by atomic mass is 15.4. The van der Waals surface area contributed by atoms with Crippen LogP contribution in [0.1, 0.15) is 16.8 Å². The van der Waals surface area contributed by atoms with Gasteiger partial charge in [0.2, 0.25) is 11.9 Å². The Balaban J connectivity index is 1.49. The number of anilines is 4. The number of rotatable bonds is 4. The van der Waals surface area contributed by atoms with Crippen LogP contribution in [0.3, 0.4) is 0 Å². The van der Waals surface area contributed by atoms with E-state index in [9.17, 15) is 0 Å². The second-order valence-corrected chi connectivity index (χ2v) is 7.16. The fourth-order valence-corrected chi connectivity index (χ4v) is 3.33. The van der Waals surface area contributed by atoms with Crippen LogP contribution >= 0.6 is 0 Å². The van der Waals surface area contributed by atoms with Crippen LogP contribution in [0.2, 0.25) is 0 Å². The van der Waals surface area contributed by atoms with E-state index < -0.39 is 0 Å². The molecule has 0 atom stereocenters. The third-order valence-electron chi connectivity index (χ3n) is 4.90. The van der Waals surface area contributed by atoms with Crippen molar-refractivity contribution in [1.82, 2.24) is 19.9 Å². The molecule has 1 N–H and O–H groups in total. The van der Waals surface area contributed by atoms with Crippen molar-refractivity contribution in [3.63, 3.8) is 0 Å². The summed E-state index contributed by atoms with van der Waals surface area (Å²) in [6.45, 7) is 9.57. The largest absolute Gasteiger partial charge is 0.340 e. The van der Waals surface area contributed by atoms with Crippen molar-refractivity contribution in [1.29, 1.82) is 0 Å². The smallest absolute Gasteiger partial charge is 0.227 e. The summed E-state index contributed by atoms with van der Waals surface area (Å²) in [4.78, 5) is 22.5. The Bertz CT molecular complexity index is 950. The van der Waals surface area contributed by atoms with Gasteiger partial charge in [-0.05, 0) is 44.0 Å². The number of benzene rings is 1. The van der Waals surface area contributed by atoms with E-state index in [1.807, 2.05) is 19.1 Å². The fraction of sp³-hybridized carbons (Fsp3) is 0.333. The second-order valence-electron chi connectivity index (χ2n) is 7.16. The first kappa shape index (κ1) is 18.2. The van der Waals surface area contributed by atoms with E-state index in [0.717, 1.165) is 55.3 Å². The molecule has 1 aliphatic heterocycles. The lowest BCUT2D eigenvalue weighted by atomic mass is 10.1. The second kappa shape index (κ2) is 7.80. The van der Waals surface area contributed by atoms with Gasteiger partial charge in [-0.2, -0.15) is 4.98 Å². The maximum atomic E-state index is 4.78. The predicted molar refractivity (Wildman–Crippen MR) is 112 cm³/mol. The average Bonchev–Trinajstić information content (AvgIpc) is 2.71. The van der Waals surface area contributed by atoms with Crippen LogP contribution < -0.4 is 15.1 Å². The van der Waals surface area contributed by atoms with E-state index >= 15 is 0 Å². The summed E-state index contributed by atoms with van der Waals surface area (Å²) < 4.78 is 0. The van der Waals surface area contributed by atoms with Crippen molar-refractivity contribution >= 4 is 23.4 Å². The number of hydrogen-bond donors (Lipinski definition) is 1. The number of hydrogen-bond acceptors (Lipinski definition) is 7. The predicted octanol–water partition coefficient (Wildman–Crippen LogP) is 3.26. The standard InChI is InChI=1S/C21H25N7/c1-15-5-6-16(2)18(13-15)25-19-14-17(3)24-21(26-19)28-11-9-27(10-12-28)20-22-7-4-8-23-20/h4-8,13-14H,9-12H2,1-3H3,(H,24,25,26). The first-order valence-electron chi connectivity index (χ1n) is 9.55. The number of nitrogens with zero attached hydrogens (tertiary/aromatic N) is 6. The molecular weight excluding hydrogens is 350 g/mol. The van der Waals surface area contributed by atoms with Gasteiger partial charge in [-0.15, -0.1) is 0 Å². The summed E-state index contributed by atoms with van der Waals surface area (Å²) >= 11 is 0. The van der Waals surface area contributed by atoms with Crippen molar-refractivity contribution < 1.29 is 0 Å². The molecule has 0 saturated carbocycles. The lowest BCUT2D eigenvalue weighted by Gasteiger charge is -2.34. The summed E-state index contributed by atoms with van der Waals surface area (Å²) in [6.07, 6.45) is 3.56. The monoisotopic (exact) mass is 375 g/mol. The minimum absolute atomic E-state index is 0.765. The Morgan fingerprint density at radius 3 is 2.21 bits per heavy atom. The lowest BCUT2D eigenvalue weighted by molar-refractivity contribution is 0.627. The van der Waals surface area contributed by atoms with Crippen LogP contribution in [0.4, 0.5) is 23.4 Å². The highest BCUT2D eigenvalue weighted by Crippen LogP contribution is 2.23. The van der Waals surface area contributed by atoms with Crippen molar-refractivity contribution in [2.75, 3.05) is 41.3 Å². The fourth-order valence-electron chi connectivity index (χ4n) is 3.33. The quantitative estimate of drug-likeness (QED) is 0.750. The van der Waals surface area contributed by atoms with Crippen molar-refractivity contribution in [2.24, 2.45) is 0 Å². The molecule has 7 heteroatoms. The first-order chi connectivity index (χ1) is 13.6. The lowest BCUT2D eigenvalue weighted by Crippen LogP contribution is -2.47. The molecule has 28 heavy (non-hydrogen) atoms. The molecule has 1 fully saturated rings. The topological polar surface area (TPSA) is 70.1 Å².